The van der Waals surface area contributed by atoms with Crippen LogP contribution >= 0.6 is 0 Å². The van der Waals surface area contributed by atoms with Gasteiger partial charge >= 0.3 is 0 Å². The second-order valence-electron chi connectivity index (χ2n) is 6.70. The van der Waals surface area contributed by atoms with E-state index in [0.717, 1.165) is 41.9 Å². The van der Waals surface area contributed by atoms with Gasteiger partial charge in [0, 0.05) is 0 Å². The lowest BCUT2D eigenvalue weighted by atomic mass is 10.1. The fourth-order valence-electron chi connectivity index (χ4n) is 2.85. The van der Waals surface area contributed by atoms with Crippen LogP contribution in [-0.2, 0) is 22.7 Å². The van der Waals surface area contributed by atoms with E-state index in [1.807, 2.05) is 54.6 Å². The molecule has 156 valence electrons. The lowest BCUT2D eigenvalue weighted by Gasteiger charge is -2.08. The van der Waals surface area contributed by atoms with Crippen LogP contribution in [0, 0.1) is 0 Å². The van der Waals surface area contributed by atoms with Crippen LogP contribution in [0.15, 0.2) is 72.8 Å². The molecule has 0 aliphatic rings. The van der Waals surface area contributed by atoms with Crippen molar-refractivity contribution in [3.05, 3.63) is 84.0 Å². The van der Waals surface area contributed by atoms with E-state index in [1.165, 1.54) is 5.57 Å². The molecule has 2 aromatic carbocycles. The number of ether oxygens (including phenoxy) is 4. The second-order valence-corrected chi connectivity index (χ2v) is 6.70. The Labute approximate surface area is 174 Å². The number of benzene rings is 2. The van der Waals surface area contributed by atoms with Gasteiger partial charge in [-0.2, -0.15) is 0 Å². The summed E-state index contributed by atoms with van der Waals surface area (Å²) < 4.78 is 21.9. The molecule has 0 bridgehead atoms. The molecule has 2 aromatic rings. The molecule has 2 rings (SSSR count). The van der Waals surface area contributed by atoms with Crippen molar-refractivity contribution in [2.24, 2.45) is 0 Å². The van der Waals surface area contributed by atoms with E-state index in [1.54, 1.807) is 14.2 Å². The summed E-state index contributed by atoms with van der Waals surface area (Å²) in [5, 5.41) is 0. The minimum atomic E-state index is 0.607. The zero-order valence-electron chi connectivity index (χ0n) is 17.6. The molecule has 0 aliphatic heterocycles. The first-order valence-electron chi connectivity index (χ1n) is 9.95. The minimum absolute atomic E-state index is 0.607. The Morgan fingerprint density at radius 1 is 0.793 bits per heavy atom. The summed E-state index contributed by atoms with van der Waals surface area (Å²) in [6.07, 6.45) is 6.85. The molecule has 4 heteroatoms. The summed E-state index contributed by atoms with van der Waals surface area (Å²) in [5.41, 5.74) is 3.63. The normalized spacial score (nSPS) is 11.3. The first-order chi connectivity index (χ1) is 14.2. The molecule has 0 unspecified atom stereocenters. The number of allylic oxidation sites excluding steroid dienone is 1. The van der Waals surface area contributed by atoms with Gasteiger partial charge in [-0.15, -0.1) is 6.58 Å². The SMILES string of the molecule is C=CC/C(=C\CCOCc1ccc(OC)cc1)CCOCc1ccc(OC)cc1. The monoisotopic (exact) mass is 396 g/mol. The molecule has 0 spiro atoms. The standard InChI is InChI=1S/C25H32O4/c1-4-6-21(16-18-29-20-23-10-14-25(27-3)15-11-23)7-5-17-28-19-22-8-12-24(26-2)13-9-22/h4,7-15H,1,5-6,16-20H2,2-3H3/b21-7+. The first-order valence-corrected chi connectivity index (χ1v) is 9.95. The highest BCUT2D eigenvalue weighted by atomic mass is 16.5. The molecule has 0 saturated heterocycles. The quantitative estimate of drug-likeness (QED) is 0.302. The lowest BCUT2D eigenvalue weighted by Crippen LogP contribution is -1.99. The number of hydrogen-bond donors (Lipinski definition) is 0. The Morgan fingerprint density at radius 3 is 1.79 bits per heavy atom. The summed E-state index contributed by atoms with van der Waals surface area (Å²) in [6.45, 7) is 6.46. The third-order valence-corrected chi connectivity index (χ3v) is 4.52. The summed E-state index contributed by atoms with van der Waals surface area (Å²) in [6, 6.07) is 15.9. The summed E-state index contributed by atoms with van der Waals surface area (Å²) >= 11 is 0. The minimum Gasteiger partial charge on any atom is -0.497 e. The molecule has 0 heterocycles. The molecule has 0 N–H and O–H groups in total. The van der Waals surface area contributed by atoms with E-state index >= 15 is 0 Å². The van der Waals surface area contributed by atoms with Gasteiger partial charge in [0.25, 0.3) is 0 Å². The van der Waals surface area contributed by atoms with E-state index in [2.05, 4.69) is 12.7 Å². The van der Waals surface area contributed by atoms with Crippen LogP contribution < -0.4 is 9.47 Å². The largest absolute Gasteiger partial charge is 0.497 e. The third kappa shape index (κ3) is 8.99. The molecular weight excluding hydrogens is 364 g/mol. The van der Waals surface area contributed by atoms with Gasteiger partial charge < -0.3 is 18.9 Å². The van der Waals surface area contributed by atoms with Crippen LogP contribution in [0.3, 0.4) is 0 Å². The molecule has 29 heavy (non-hydrogen) atoms. The first kappa shape index (κ1) is 22.7. The maximum absolute atomic E-state index is 5.82. The van der Waals surface area contributed by atoms with Gasteiger partial charge in [-0.25, -0.2) is 0 Å². The van der Waals surface area contributed by atoms with Gasteiger partial charge in [0.05, 0.1) is 40.6 Å². The highest BCUT2D eigenvalue weighted by Crippen LogP contribution is 2.14. The van der Waals surface area contributed by atoms with Crippen LogP contribution in [0.2, 0.25) is 0 Å². The average Bonchev–Trinajstić information content (AvgIpc) is 2.77. The Morgan fingerprint density at radius 2 is 1.31 bits per heavy atom. The molecule has 0 radical (unpaired) electrons. The van der Waals surface area contributed by atoms with E-state index in [-0.39, 0.29) is 0 Å². The van der Waals surface area contributed by atoms with Crippen LogP contribution in [0.4, 0.5) is 0 Å². The molecule has 0 saturated carbocycles. The van der Waals surface area contributed by atoms with Crippen LogP contribution in [0.25, 0.3) is 0 Å². The van der Waals surface area contributed by atoms with Crippen molar-refractivity contribution in [3.63, 3.8) is 0 Å². The molecule has 0 amide bonds. The van der Waals surface area contributed by atoms with Gasteiger partial charge in [0.2, 0.25) is 0 Å². The van der Waals surface area contributed by atoms with Crippen molar-refractivity contribution in [2.45, 2.75) is 32.5 Å². The van der Waals surface area contributed by atoms with Gasteiger partial charge in [0.15, 0.2) is 0 Å². The average molecular weight is 397 g/mol. The van der Waals surface area contributed by atoms with Crippen molar-refractivity contribution >= 4 is 0 Å². The van der Waals surface area contributed by atoms with E-state index in [4.69, 9.17) is 18.9 Å². The third-order valence-electron chi connectivity index (χ3n) is 4.52. The van der Waals surface area contributed by atoms with Gasteiger partial charge in [-0.05, 0) is 54.7 Å². The highest BCUT2D eigenvalue weighted by molar-refractivity contribution is 5.27. The zero-order chi connectivity index (χ0) is 20.7. The maximum atomic E-state index is 5.82. The van der Waals surface area contributed by atoms with E-state index in [0.29, 0.717) is 26.4 Å². The van der Waals surface area contributed by atoms with E-state index in [9.17, 15) is 0 Å². The van der Waals surface area contributed by atoms with Crippen LogP contribution in [0.5, 0.6) is 11.5 Å². The number of methoxy groups -OCH3 is 2. The summed E-state index contributed by atoms with van der Waals surface area (Å²) in [7, 11) is 3.34. The van der Waals surface area contributed by atoms with Gasteiger partial charge in [-0.3, -0.25) is 0 Å². The molecule has 4 nitrogen and oxygen atoms in total. The van der Waals surface area contributed by atoms with Crippen molar-refractivity contribution in [2.75, 3.05) is 27.4 Å². The fraction of sp³-hybridized carbons (Fsp3) is 0.360. The van der Waals surface area contributed by atoms with Crippen molar-refractivity contribution in [1.82, 2.24) is 0 Å². The van der Waals surface area contributed by atoms with Gasteiger partial charge in [-0.1, -0.05) is 42.0 Å². The smallest absolute Gasteiger partial charge is 0.118 e. The van der Waals surface area contributed by atoms with Crippen molar-refractivity contribution < 1.29 is 18.9 Å². The number of rotatable bonds is 14. The topological polar surface area (TPSA) is 36.9 Å². The highest BCUT2D eigenvalue weighted by Gasteiger charge is 1.99. The van der Waals surface area contributed by atoms with E-state index < -0.39 is 0 Å². The Balaban J connectivity index is 1.65. The molecule has 0 aliphatic carbocycles. The predicted octanol–water partition coefficient (Wildman–Crippen LogP) is 5.72. The Bertz CT molecular complexity index is 732. The lowest BCUT2D eigenvalue weighted by molar-refractivity contribution is 0.121. The molecular formula is C25H32O4. The number of hydrogen-bond acceptors (Lipinski definition) is 4. The predicted molar refractivity (Wildman–Crippen MR) is 117 cm³/mol. The zero-order valence-corrected chi connectivity index (χ0v) is 17.6. The summed E-state index contributed by atoms with van der Waals surface area (Å²) in [5.74, 6) is 1.72. The Kier molecular flexibility index (Phi) is 10.6. The van der Waals surface area contributed by atoms with Crippen LogP contribution in [0.1, 0.15) is 30.4 Å². The van der Waals surface area contributed by atoms with Crippen molar-refractivity contribution in [1.29, 1.82) is 0 Å². The van der Waals surface area contributed by atoms with Crippen LogP contribution in [-0.4, -0.2) is 27.4 Å². The Hall–Kier alpha value is -2.56. The summed E-state index contributed by atoms with van der Waals surface area (Å²) in [4.78, 5) is 0. The van der Waals surface area contributed by atoms with Gasteiger partial charge in [0.1, 0.15) is 11.5 Å². The molecule has 0 atom stereocenters. The second kappa shape index (κ2) is 13.6. The fourth-order valence-corrected chi connectivity index (χ4v) is 2.85. The molecule has 0 aromatic heterocycles. The van der Waals surface area contributed by atoms with Crippen molar-refractivity contribution in [3.8, 4) is 11.5 Å². The maximum Gasteiger partial charge on any atom is 0.118 e. The molecule has 0 fully saturated rings.